The van der Waals surface area contributed by atoms with Gasteiger partial charge in [0.05, 0.1) is 11.1 Å². The van der Waals surface area contributed by atoms with E-state index in [1.807, 2.05) is 31.2 Å². The van der Waals surface area contributed by atoms with Crippen LogP contribution >= 0.6 is 15.9 Å². The average molecular weight is 259 g/mol. The summed E-state index contributed by atoms with van der Waals surface area (Å²) in [5.74, 6) is 0.893. The SMILES string of the molecule is CCOCCCOc1ccccc1Br. The molecule has 78 valence electrons. The number of hydrogen-bond donors (Lipinski definition) is 0. The summed E-state index contributed by atoms with van der Waals surface area (Å²) in [6.07, 6.45) is 0.926. The van der Waals surface area contributed by atoms with Crippen molar-refractivity contribution in [3.05, 3.63) is 28.7 Å². The Morgan fingerprint density at radius 3 is 2.71 bits per heavy atom. The van der Waals surface area contributed by atoms with Crippen LogP contribution in [0.3, 0.4) is 0 Å². The molecule has 0 radical (unpaired) electrons. The maximum absolute atomic E-state index is 5.56. The lowest BCUT2D eigenvalue weighted by Crippen LogP contribution is -2.03. The number of halogens is 1. The second-order valence-electron chi connectivity index (χ2n) is 2.83. The molecule has 0 amide bonds. The van der Waals surface area contributed by atoms with E-state index >= 15 is 0 Å². The number of benzene rings is 1. The van der Waals surface area contributed by atoms with E-state index in [9.17, 15) is 0 Å². The lowest BCUT2D eigenvalue weighted by Gasteiger charge is -2.07. The molecule has 0 heterocycles. The van der Waals surface area contributed by atoms with Crippen LogP contribution in [0.25, 0.3) is 0 Å². The fraction of sp³-hybridized carbons (Fsp3) is 0.455. The van der Waals surface area contributed by atoms with E-state index in [0.717, 1.165) is 29.9 Å². The summed E-state index contributed by atoms with van der Waals surface area (Å²) in [4.78, 5) is 0. The second-order valence-corrected chi connectivity index (χ2v) is 3.68. The molecular formula is C11H15BrO2. The third-order valence-corrected chi connectivity index (χ3v) is 2.39. The predicted octanol–water partition coefficient (Wildman–Crippen LogP) is 3.25. The molecule has 0 N–H and O–H groups in total. The first kappa shape index (κ1) is 11.5. The molecule has 1 aromatic rings. The Morgan fingerprint density at radius 1 is 1.21 bits per heavy atom. The minimum Gasteiger partial charge on any atom is -0.492 e. The predicted molar refractivity (Wildman–Crippen MR) is 60.7 cm³/mol. The molecule has 0 spiro atoms. The lowest BCUT2D eigenvalue weighted by molar-refractivity contribution is 0.130. The number of hydrogen-bond acceptors (Lipinski definition) is 2. The van der Waals surface area contributed by atoms with Gasteiger partial charge in [0, 0.05) is 19.6 Å². The molecule has 1 rings (SSSR count). The molecule has 3 heteroatoms. The lowest BCUT2D eigenvalue weighted by atomic mass is 10.3. The Bertz CT molecular complexity index is 263. The van der Waals surface area contributed by atoms with Crippen molar-refractivity contribution in [1.29, 1.82) is 0 Å². The molecule has 0 saturated carbocycles. The first-order valence-electron chi connectivity index (χ1n) is 4.79. The zero-order valence-electron chi connectivity index (χ0n) is 8.33. The molecule has 0 aliphatic carbocycles. The molecule has 0 aliphatic rings. The monoisotopic (exact) mass is 258 g/mol. The van der Waals surface area contributed by atoms with E-state index < -0.39 is 0 Å². The highest BCUT2D eigenvalue weighted by atomic mass is 79.9. The Balaban J connectivity index is 2.21. The quantitative estimate of drug-likeness (QED) is 0.730. The van der Waals surface area contributed by atoms with Crippen LogP contribution in [0.5, 0.6) is 5.75 Å². The third kappa shape index (κ3) is 4.11. The van der Waals surface area contributed by atoms with Crippen molar-refractivity contribution in [3.63, 3.8) is 0 Å². The van der Waals surface area contributed by atoms with Crippen molar-refractivity contribution in [1.82, 2.24) is 0 Å². The van der Waals surface area contributed by atoms with Gasteiger partial charge in [0.25, 0.3) is 0 Å². The molecule has 2 nitrogen and oxygen atoms in total. The molecule has 14 heavy (non-hydrogen) atoms. The van der Waals surface area contributed by atoms with Crippen LogP contribution in [0.15, 0.2) is 28.7 Å². The first-order chi connectivity index (χ1) is 6.84. The van der Waals surface area contributed by atoms with Gasteiger partial charge in [-0.3, -0.25) is 0 Å². The van der Waals surface area contributed by atoms with Crippen LogP contribution in [0.2, 0.25) is 0 Å². The van der Waals surface area contributed by atoms with Gasteiger partial charge in [0.1, 0.15) is 5.75 Å². The fourth-order valence-electron chi connectivity index (χ4n) is 1.05. The summed E-state index contributed by atoms with van der Waals surface area (Å²) in [5.41, 5.74) is 0. The summed E-state index contributed by atoms with van der Waals surface area (Å²) in [7, 11) is 0. The normalized spacial score (nSPS) is 10.1. The Kier molecular flexibility index (Phi) is 5.64. The van der Waals surface area contributed by atoms with Crippen molar-refractivity contribution in [3.8, 4) is 5.75 Å². The summed E-state index contributed by atoms with van der Waals surface area (Å²) in [6, 6.07) is 7.85. The maximum atomic E-state index is 5.56. The van der Waals surface area contributed by atoms with E-state index in [0.29, 0.717) is 6.61 Å². The summed E-state index contributed by atoms with van der Waals surface area (Å²) >= 11 is 3.42. The van der Waals surface area contributed by atoms with Crippen molar-refractivity contribution in [2.75, 3.05) is 19.8 Å². The first-order valence-corrected chi connectivity index (χ1v) is 5.59. The van der Waals surface area contributed by atoms with Crippen LogP contribution in [-0.2, 0) is 4.74 Å². The van der Waals surface area contributed by atoms with Gasteiger partial charge < -0.3 is 9.47 Å². The van der Waals surface area contributed by atoms with Gasteiger partial charge in [-0.05, 0) is 35.0 Å². The van der Waals surface area contributed by atoms with E-state index in [1.165, 1.54) is 0 Å². The van der Waals surface area contributed by atoms with Gasteiger partial charge in [0.2, 0.25) is 0 Å². The Hall–Kier alpha value is -0.540. The second kappa shape index (κ2) is 6.85. The summed E-state index contributed by atoms with van der Waals surface area (Å²) in [6.45, 7) is 4.23. The molecular weight excluding hydrogens is 244 g/mol. The van der Waals surface area contributed by atoms with Crippen LogP contribution in [-0.4, -0.2) is 19.8 Å². The van der Waals surface area contributed by atoms with Crippen molar-refractivity contribution < 1.29 is 9.47 Å². The average Bonchev–Trinajstić information content (AvgIpc) is 2.20. The van der Waals surface area contributed by atoms with E-state index in [1.54, 1.807) is 0 Å². The molecule has 0 fully saturated rings. The van der Waals surface area contributed by atoms with Gasteiger partial charge in [0.15, 0.2) is 0 Å². The minimum atomic E-state index is 0.697. The van der Waals surface area contributed by atoms with Crippen LogP contribution in [0.4, 0.5) is 0 Å². The van der Waals surface area contributed by atoms with Crippen LogP contribution in [0.1, 0.15) is 13.3 Å². The van der Waals surface area contributed by atoms with Gasteiger partial charge in [-0.25, -0.2) is 0 Å². The molecule has 0 bridgehead atoms. The smallest absolute Gasteiger partial charge is 0.133 e. The summed E-state index contributed by atoms with van der Waals surface area (Å²) in [5, 5.41) is 0. The molecule has 1 aromatic carbocycles. The number of para-hydroxylation sites is 1. The zero-order chi connectivity index (χ0) is 10.2. The van der Waals surface area contributed by atoms with E-state index in [-0.39, 0.29) is 0 Å². The van der Waals surface area contributed by atoms with Gasteiger partial charge in [-0.1, -0.05) is 12.1 Å². The highest BCUT2D eigenvalue weighted by Gasteiger charge is 1.97. The van der Waals surface area contributed by atoms with Crippen molar-refractivity contribution in [2.45, 2.75) is 13.3 Å². The molecule has 0 unspecified atom stereocenters. The molecule has 0 saturated heterocycles. The van der Waals surface area contributed by atoms with Gasteiger partial charge in [-0.15, -0.1) is 0 Å². The minimum absolute atomic E-state index is 0.697. The van der Waals surface area contributed by atoms with Gasteiger partial charge >= 0.3 is 0 Å². The maximum Gasteiger partial charge on any atom is 0.133 e. The Labute approximate surface area is 93.4 Å². The standard InChI is InChI=1S/C11H15BrO2/c1-2-13-8-5-9-14-11-7-4-3-6-10(11)12/h3-4,6-7H,2,5,8-9H2,1H3. The topological polar surface area (TPSA) is 18.5 Å². The Morgan fingerprint density at radius 2 is 2.00 bits per heavy atom. The van der Waals surface area contributed by atoms with E-state index in [4.69, 9.17) is 9.47 Å². The van der Waals surface area contributed by atoms with E-state index in [2.05, 4.69) is 15.9 Å². The van der Waals surface area contributed by atoms with Crippen molar-refractivity contribution >= 4 is 15.9 Å². The number of ether oxygens (including phenoxy) is 2. The molecule has 0 atom stereocenters. The van der Waals surface area contributed by atoms with Crippen LogP contribution in [0, 0.1) is 0 Å². The summed E-state index contributed by atoms with van der Waals surface area (Å²) < 4.78 is 11.8. The van der Waals surface area contributed by atoms with Crippen molar-refractivity contribution in [2.24, 2.45) is 0 Å². The van der Waals surface area contributed by atoms with Gasteiger partial charge in [-0.2, -0.15) is 0 Å². The third-order valence-electron chi connectivity index (χ3n) is 1.73. The van der Waals surface area contributed by atoms with Crippen LogP contribution < -0.4 is 4.74 Å². The largest absolute Gasteiger partial charge is 0.492 e. The molecule has 0 aromatic heterocycles. The number of rotatable bonds is 6. The highest BCUT2D eigenvalue weighted by molar-refractivity contribution is 9.10. The highest BCUT2D eigenvalue weighted by Crippen LogP contribution is 2.23. The molecule has 0 aliphatic heterocycles. The zero-order valence-corrected chi connectivity index (χ0v) is 9.92. The fourth-order valence-corrected chi connectivity index (χ4v) is 1.45.